The number of benzene rings is 1. The summed E-state index contributed by atoms with van der Waals surface area (Å²) in [4.78, 5) is 2.26. The van der Waals surface area contributed by atoms with E-state index < -0.39 is 0 Å². The maximum absolute atomic E-state index is 5.64. The first-order valence-electron chi connectivity index (χ1n) is 7.26. The van der Waals surface area contributed by atoms with Crippen molar-refractivity contribution in [2.45, 2.75) is 39.5 Å². The quantitative estimate of drug-likeness (QED) is 0.812. The molecule has 4 heteroatoms. The second kappa shape index (κ2) is 7.78. The average Bonchev–Trinajstić information content (AvgIpc) is 2.83. The molecule has 21 heavy (non-hydrogen) atoms. The van der Waals surface area contributed by atoms with Crippen LogP contribution in [0.15, 0.2) is 45.5 Å². The van der Waals surface area contributed by atoms with E-state index >= 15 is 0 Å². The lowest BCUT2D eigenvalue weighted by atomic mass is 10.2. The van der Waals surface area contributed by atoms with Crippen molar-refractivity contribution in [3.05, 3.63) is 58.0 Å². The van der Waals surface area contributed by atoms with Crippen LogP contribution in [0, 0.1) is 0 Å². The molecule has 0 aliphatic rings. The average molecular weight is 351 g/mol. The van der Waals surface area contributed by atoms with Gasteiger partial charge in [0.25, 0.3) is 0 Å². The second-order valence-electron chi connectivity index (χ2n) is 5.71. The van der Waals surface area contributed by atoms with Crippen LogP contribution in [-0.4, -0.2) is 18.0 Å². The smallest absolute Gasteiger partial charge is 0.122 e. The van der Waals surface area contributed by atoms with Crippen LogP contribution in [0.3, 0.4) is 0 Å². The van der Waals surface area contributed by atoms with E-state index in [0.29, 0.717) is 6.04 Å². The molecule has 2 aromatic rings. The van der Waals surface area contributed by atoms with E-state index in [1.54, 1.807) is 6.26 Å². The summed E-state index contributed by atoms with van der Waals surface area (Å²) in [5.41, 5.74) is 2.53. The Kier molecular flexibility index (Phi) is 6.03. The third kappa shape index (κ3) is 5.30. The molecule has 0 unspecified atom stereocenters. The summed E-state index contributed by atoms with van der Waals surface area (Å²) in [6, 6.07) is 10.9. The van der Waals surface area contributed by atoms with E-state index in [1.807, 2.05) is 6.07 Å². The summed E-state index contributed by atoms with van der Waals surface area (Å²) in [5, 5.41) is 3.43. The van der Waals surface area contributed by atoms with Gasteiger partial charge in [0.2, 0.25) is 0 Å². The van der Waals surface area contributed by atoms with Gasteiger partial charge in [0.1, 0.15) is 5.76 Å². The van der Waals surface area contributed by atoms with Gasteiger partial charge in [-0.1, -0.05) is 41.9 Å². The van der Waals surface area contributed by atoms with Gasteiger partial charge in [0, 0.05) is 29.2 Å². The van der Waals surface area contributed by atoms with Crippen LogP contribution in [0.1, 0.15) is 30.7 Å². The Morgan fingerprint density at radius 2 is 2.05 bits per heavy atom. The lowest BCUT2D eigenvalue weighted by Gasteiger charge is -2.17. The van der Waals surface area contributed by atoms with E-state index in [2.05, 4.69) is 71.3 Å². The fourth-order valence-electron chi connectivity index (χ4n) is 2.23. The Bertz CT molecular complexity index is 565. The summed E-state index contributed by atoms with van der Waals surface area (Å²) in [6.45, 7) is 6.87. The SMILES string of the molecule is CC(C)NCc1ccoc1CN(C)Cc1cccc(Br)c1. The first-order chi connectivity index (χ1) is 10.0. The maximum atomic E-state index is 5.64. The Morgan fingerprint density at radius 1 is 1.24 bits per heavy atom. The van der Waals surface area contributed by atoms with Crippen molar-refractivity contribution in [1.82, 2.24) is 10.2 Å². The molecular formula is C17H23BrN2O. The zero-order valence-corrected chi connectivity index (χ0v) is 14.5. The predicted octanol–water partition coefficient (Wildman–Crippen LogP) is 4.17. The molecule has 0 saturated heterocycles. The summed E-state index contributed by atoms with van der Waals surface area (Å²) in [5.74, 6) is 1.04. The fraction of sp³-hybridized carbons (Fsp3) is 0.412. The minimum absolute atomic E-state index is 0.479. The highest BCUT2D eigenvalue weighted by Crippen LogP contribution is 2.16. The molecular weight excluding hydrogens is 328 g/mol. The summed E-state index contributed by atoms with van der Waals surface area (Å²) >= 11 is 3.51. The molecule has 0 radical (unpaired) electrons. The molecule has 0 spiro atoms. The van der Waals surface area contributed by atoms with Crippen LogP contribution in [0.2, 0.25) is 0 Å². The van der Waals surface area contributed by atoms with Gasteiger partial charge in [0.05, 0.1) is 12.8 Å². The number of rotatable bonds is 7. The van der Waals surface area contributed by atoms with Crippen LogP contribution in [0.5, 0.6) is 0 Å². The minimum atomic E-state index is 0.479. The zero-order chi connectivity index (χ0) is 15.2. The van der Waals surface area contributed by atoms with Gasteiger partial charge in [-0.25, -0.2) is 0 Å². The van der Waals surface area contributed by atoms with Crippen LogP contribution < -0.4 is 5.32 Å². The molecule has 1 N–H and O–H groups in total. The number of nitrogens with one attached hydrogen (secondary N) is 1. The molecule has 1 heterocycles. The van der Waals surface area contributed by atoms with Gasteiger partial charge >= 0.3 is 0 Å². The Balaban J connectivity index is 1.93. The molecule has 0 saturated carbocycles. The molecule has 0 aliphatic heterocycles. The molecule has 0 atom stereocenters. The normalized spacial score (nSPS) is 11.5. The third-order valence-electron chi connectivity index (χ3n) is 3.29. The van der Waals surface area contributed by atoms with E-state index in [4.69, 9.17) is 4.42 Å². The zero-order valence-electron chi connectivity index (χ0n) is 12.9. The van der Waals surface area contributed by atoms with Crippen molar-refractivity contribution in [2.75, 3.05) is 7.05 Å². The maximum Gasteiger partial charge on any atom is 0.122 e. The van der Waals surface area contributed by atoms with Crippen LogP contribution in [-0.2, 0) is 19.6 Å². The molecule has 1 aromatic carbocycles. The molecule has 0 bridgehead atoms. The Morgan fingerprint density at radius 3 is 2.76 bits per heavy atom. The van der Waals surface area contributed by atoms with Crippen LogP contribution in [0.25, 0.3) is 0 Å². The lowest BCUT2D eigenvalue weighted by molar-refractivity contribution is 0.285. The molecule has 0 amide bonds. The number of hydrogen-bond donors (Lipinski definition) is 1. The van der Waals surface area contributed by atoms with E-state index in [-0.39, 0.29) is 0 Å². The fourth-order valence-corrected chi connectivity index (χ4v) is 2.67. The highest BCUT2D eigenvalue weighted by atomic mass is 79.9. The lowest BCUT2D eigenvalue weighted by Crippen LogP contribution is -2.23. The van der Waals surface area contributed by atoms with Crippen LogP contribution >= 0.6 is 15.9 Å². The summed E-state index contributed by atoms with van der Waals surface area (Å²) in [6.07, 6.45) is 1.78. The third-order valence-corrected chi connectivity index (χ3v) is 3.79. The predicted molar refractivity (Wildman–Crippen MR) is 90.0 cm³/mol. The van der Waals surface area contributed by atoms with Gasteiger partial charge in [0.15, 0.2) is 0 Å². The van der Waals surface area contributed by atoms with Crippen molar-refractivity contribution in [3.8, 4) is 0 Å². The molecule has 114 valence electrons. The van der Waals surface area contributed by atoms with E-state index in [9.17, 15) is 0 Å². The number of hydrogen-bond acceptors (Lipinski definition) is 3. The Labute approximate surface area is 135 Å². The largest absolute Gasteiger partial charge is 0.468 e. The number of nitrogens with zero attached hydrogens (tertiary/aromatic N) is 1. The van der Waals surface area contributed by atoms with Crippen LogP contribution in [0.4, 0.5) is 0 Å². The minimum Gasteiger partial charge on any atom is -0.468 e. The van der Waals surface area contributed by atoms with E-state index in [1.165, 1.54) is 11.1 Å². The van der Waals surface area contributed by atoms with Crippen molar-refractivity contribution in [3.63, 3.8) is 0 Å². The van der Waals surface area contributed by atoms with Gasteiger partial charge in [-0.2, -0.15) is 0 Å². The van der Waals surface area contributed by atoms with Crippen molar-refractivity contribution in [1.29, 1.82) is 0 Å². The van der Waals surface area contributed by atoms with E-state index in [0.717, 1.165) is 29.9 Å². The summed E-state index contributed by atoms with van der Waals surface area (Å²) < 4.78 is 6.76. The van der Waals surface area contributed by atoms with Crippen molar-refractivity contribution < 1.29 is 4.42 Å². The highest BCUT2D eigenvalue weighted by molar-refractivity contribution is 9.10. The first-order valence-corrected chi connectivity index (χ1v) is 8.05. The van der Waals surface area contributed by atoms with Gasteiger partial charge < -0.3 is 9.73 Å². The molecule has 3 nitrogen and oxygen atoms in total. The van der Waals surface area contributed by atoms with Gasteiger partial charge in [-0.15, -0.1) is 0 Å². The molecule has 2 rings (SSSR count). The highest BCUT2D eigenvalue weighted by Gasteiger charge is 2.10. The monoisotopic (exact) mass is 350 g/mol. The molecule has 1 aromatic heterocycles. The van der Waals surface area contributed by atoms with Gasteiger partial charge in [-0.05, 0) is 30.8 Å². The van der Waals surface area contributed by atoms with Crippen molar-refractivity contribution >= 4 is 15.9 Å². The summed E-state index contributed by atoms with van der Waals surface area (Å²) in [7, 11) is 2.11. The second-order valence-corrected chi connectivity index (χ2v) is 6.62. The van der Waals surface area contributed by atoms with Gasteiger partial charge in [-0.3, -0.25) is 4.90 Å². The topological polar surface area (TPSA) is 28.4 Å². The number of halogens is 1. The first kappa shape index (κ1) is 16.3. The standard InChI is InChI=1S/C17H23BrN2O/c1-13(2)19-10-15-7-8-21-17(15)12-20(3)11-14-5-4-6-16(18)9-14/h4-9,13,19H,10-12H2,1-3H3. The molecule has 0 aliphatic carbocycles. The van der Waals surface area contributed by atoms with Crippen molar-refractivity contribution in [2.24, 2.45) is 0 Å². The molecule has 0 fully saturated rings. The Hall–Kier alpha value is -1.10. The number of furan rings is 1.